The quantitative estimate of drug-likeness (QED) is 0.478. The van der Waals surface area contributed by atoms with Crippen molar-refractivity contribution in [1.29, 1.82) is 0 Å². The summed E-state index contributed by atoms with van der Waals surface area (Å²) in [5.41, 5.74) is 2.36. The number of fused-ring (bicyclic) bond motifs is 1. The Morgan fingerprint density at radius 2 is 2.16 bits per heavy atom. The molecule has 2 aromatic heterocycles. The number of thioether (sulfide) groups is 1. The average Bonchev–Trinajstić information content (AvgIpc) is 3.46. The maximum atomic E-state index is 13.2. The number of piperidine rings is 1. The first-order valence-electron chi connectivity index (χ1n) is 10.7. The predicted octanol–water partition coefficient (Wildman–Crippen LogP) is 4.22. The molecule has 0 radical (unpaired) electrons. The van der Waals surface area contributed by atoms with E-state index in [9.17, 15) is 13.2 Å². The average molecular weight is 510 g/mol. The lowest BCUT2D eigenvalue weighted by atomic mass is 9.99. The van der Waals surface area contributed by atoms with Crippen molar-refractivity contribution in [2.45, 2.75) is 36.9 Å². The maximum absolute atomic E-state index is 13.2. The lowest BCUT2D eigenvalue weighted by Gasteiger charge is -2.29. The number of aromatic nitrogens is 1. The molecule has 3 aromatic rings. The highest BCUT2D eigenvalue weighted by atomic mass is 32.2. The summed E-state index contributed by atoms with van der Waals surface area (Å²) in [6.07, 6.45) is 4.35. The first kappa shape index (κ1) is 23.7. The Morgan fingerprint density at radius 3 is 2.88 bits per heavy atom. The monoisotopic (exact) mass is 509 g/mol. The minimum absolute atomic E-state index is 0.193. The molecule has 0 saturated carbocycles. The van der Waals surface area contributed by atoms with Gasteiger partial charge < -0.3 is 4.57 Å². The molecule has 1 atom stereocenters. The minimum atomic E-state index is -3.55. The summed E-state index contributed by atoms with van der Waals surface area (Å²) < 4.78 is 30.9. The van der Waals surface area contributed by atoms with Gasteiger partial charge in [0.2, 0.25) is 0 Å². The number of aryl methyl sites for hydroxylation is 2. The molecule has 6 nitrogen and oxygen atoms in total. The predicted molar refractivity (Wildman–Crippen MR) is 134 cm³/mol. The molecule has 0 spiro atoms. The fraction of sp³-hybridized carbons (Fsp3) is 0.455. The molecule has 3 heterocycles. The zero-order valence-electron chi connectivity index (χ0n) is 18.2. The summed E-state index contributed by atoms with van der Waals surface area (Å²) in [6.45, 7) is 3.55. The Bertz CT molecular complexity index is 1260. The van der Waals surface area contributed by atoms with Gasteiger partial charge in [-0.3, -0.25) is 4.79 Å². The Kier molecular flexibility index (Phi) is 7.56. The van der Waals surface area contributed by atoms with Crippen LogP contribution in [0.25, 0.3) is 10.2 Å². The van der Waals surface area contributed by atoms with Gasteiger partial charge in [0.25, 0.3) is 15.9 Å². The van der Waals surface area contributed by atoms with Gasteiger partial charge in [-0.1, -0.05) is 30.4 Å². The first-order valence-corrected chi connectivity index (χ1v) is 15.2. The molecule has 1 fully saturated rings. The van der Waals surface area contributed by atoms with E-state index < -0.39 is 15.9 Å². The van der Waals surface area contributed by atoms with Crippen molar-refractivity contribution >= 4 is 60.6 Å². The van der Waals surface area contributed by atoms with Gasteiger partial charge in [0.1, 0.15) is 4.21 Å². The highest BCUT2D eigenvalue weighted by Gasteiger charge is 2.33. The molecule has 1 aliphatic heterocycles. The number of thiophene rings is 1. The Morgan fingerprint density at radius 1 is 1.31 bits per heavy atom. The number of thiazole rings is 1. The normalized spacial score (nSPS) is 18.4. The summed E-state index contributed by atoms with van der Waals surface area (Å²) in [7, 11) is -3.55. The van der Waals surface area contributed by atoms with Crippen LogP contribution in [0, 0.1) is 5.92 Å². The van der Waals surface area contributed by atoms with Crippen LogP contribution in [-0.4, -0.2) is 48.3 Å². The van der Waals surface area contributed by atoms with Crippen LogP contribution in [0.5, 0.6) is 0 Å². The molecule has 1 saturated heterocycles. The van der Waals surface area contributed by atoms with E-state index in [1.54, 1.807) is 29.3 Å². The van der Waals surface area contributed by atoms with E-state index in [-0.39, 0.29) is 12.5 Å². The van der Waals surface area contributed by atoms with Crippen molar-refractivity contribution in [3.8, 4) is 0 Å². The van der Waals surface area contributed by atoms with Gasteiger partial charge in [0, 0.05) is 25.4 Å². The van der Waals surface area contributed by atoms with Crippen molar-refractivity contribution in [2.75, 3.05) is 25.1 Å². The van der Waals surface area contributed by atoms with Gasteiger partial charge in [-0.05, 0) is 54.7 Å². The van der Waals surface area contributed by atoms with Gasteiger partial charge in [0.05, 0.1) is 16.1 Å². The number of amides is 1. The maximum Gasteiger partial charge on any atom is 0.252 e. The molecular weight excluding hydrogens is 483 g/mol. The lowest BCUT2D eigenvalue weighted by molar-refractivity contribution is -0.122. The van der Waals surface area contributed by atoms with Gasteiger partial charge in [-0.2, -0.15) is 21.1 Å². The van der Waals surface area contributed by atoms with Gasteiger partial charge in [-0.15, -0.1) is 11.3 Å². The van der Waals surface area contributed by atoms with Gasteiger partial charge in [0.15, 0.2) is 4.80 Å². The highest BCUT2D eigenvalue weighted by Crippen LogP contribution is 2.27. The third kappa shape index (κ3) is 4.89. The van der Waals surface area contributed by atoms with Crippen LogP contribution in [0.15, 0.2) is 44.9 Å². The molecule has 172 valence electrons. The van der Waals surface area contributed by atoms with Crippen LogP contribution in [0.4, 0.5) is 0 Å². The Hall–Kier alpha value is -1.46. The molecular formula is C22H27N3O3S4. The fourth-order valence-electron chi connectivity index (χ4n) is 3.91. The van der Waals surface area contributed by atoms with E-state index in [0.717, 1.165) is 28.9 Å². The van der Waals surface area contributed by atoms with Crippen LogP contribution in [0.1, 0.15) is 25.3 Å². The molecule has 1 unspecified atom stereocenters. The molecule has 1 aliphatic rings. The first-order chi connectivity index (χ1) is 15.4. The second-order valence-corrected chi connectivity index (χ2v) is 12.9. The molecule has 4 rings (SSSR count). The van der Waals surface area contributed by atoms with E-state index in [0.29, 0.717) is 28.4 Å². The molecule has 0 aliphatic carbocycles. The number of rotatable bonds is 7. The topological polar surface area (TPSA) is 71.7 Å². The number of carbonyl (C=O) groups is 1. The number of nitrogens with zero attached hydrogens (tertiary/aromatic N) is 3. The van der Waals surface area contributed by atoms with E-state index in [4.69, 9.17) is 0 Å². The molecule has 32 heavy (non-hydrogen) atoms. The summed E-state index contributed by atoms with van der Waals surface area (Å²) >= 11 is 4.50. The number of sulfonamides is 1. The zero-order chi connectivity index (χ0) is 22.7. The Balaban J connectivity index is 1.63. The van der Waals surface area contributed by atoms with Crippen LogP contribution in [0.2, 0.25) is 0 Å². The van der Waals surface area contributed by atoms with Crippen LogP contribution in [-0.2, 0) is 27.8 Å². The number of hydrogen-bond acceptors (Lipinski definition) is 6. The van der Waals surface area contributed by atoms with Gasteiger partial charge in [-0.25, -0.2) is 8.42 Å². The third-order valence-corrected chi connectivity index (χ3v) is 10.6. The molecule has 0 bridgehead atoms. The van der Waals surface area contributed by atoms with E-state index in [2.05, 4.69) is 40.9 Å². The zero-order valence-corrected chi connectivity index (χ0v) is 21.5. The largest absolute Gasteiger partial charge is 0.316 e. The number of benzene rings is 1. The van der Waals surface area contributed by atoms with E-state index in [1.165, 1.54) is 32.5 Å². The molecule has 0 N–H and O–H groups in total. The second-order valence-electron chi connectivity index (χ2n) is 7.77. The molecule has 1 aromatic carbocycles. The smallest absolute Gasteiger partial charge is 0.252 e. The number of carbonyl (C=O) groups excluding carboxylic acids is 1. The highest BCUT2D eigenvalue weighted by molar-refractivity contribution is 7.98. The SMILES string of the molecule is CCc1ccc2c(c1)sc(=NC(=O)C1CCCN(S(=O)(=O)c3cccs3)C1)n2CCSC. The molecule has 1 amide bonds. The van der Waals surface area contributed by atoms with Crippen LogP contribution >= 0.6 is 34.4 Å². The van der Waals surface area contributed by atoms with Crippen molar-refractivity contribution in [2.24, 2.45) is 10.9 Å². The van der Waals surface area contributed by atoms with E-state index >= 15 is 0 Å². The summed E-state index contributed by atoms with van der Waals surface area (Å²) in [5, 5.41) is 1.76. The summed E-state index contributed by atoms with van der Waals surface area (Å²) in [6, 6.07) is 9.77. The standard InChI is InChI=1S/C22H27N3O3S4/c1-3-16-8-9-18-19(14-16)31-22(25(18)11-13-29-2)23-21(26)17-6-4-10-24(15-17)32(27,28)20-7-5-12-30-20/h5,7-9,12,14,17H,3-4,6,10-11,13,15H2,1-2H3. The van der Waals surface area contributed by atoms with Crippen molar-refractivity contribution < 1.29 is 13.2 Å². The van der Waals surface area contributed by atoms with Crippen molar-refractivity contribution in [1.82, 2.24) is 8.87 Å². The number of hydrogen-bond donors (Lipinski definition) is 0. The van der Waals surface area contributed by atoms with Crippen LogP contribution < -0.4 is 4.80 Å². The lowest BCUT2D eigenvalue weighted by Crippen LogP contribution is -2.42. The van der Waals surface area contributed by atoms with Crippen molar-refractivity contribution in [3.05, 3.63) is 46.1 Å². The third-order valence-electron chi connectivity index (χ3n) is 5.70. The summed E-state index contributed by atoms with van der Waals surface area (Å²) in [5.74, 6) is 0.291. The second kappa shape index (κ2) is 10.2. The molecule has 10 heteroatoms. The van der Waals surface area contributed by atoms with Gasteiger partial charge >= 0.3 is 0 Å². The Labute approximate surface area is 201 Å². The fourth-order valence-corrected chi connectivity index (χ4v) is 8.07. The van der Waals surface area contributed by atoms with E-state index in [1.807, 2.05) is 0 Å². The van der Waals surface area contributed by atoms with Crippen LogP contribution in [0.3, 0.4) is 0 Å². The minimum Gasteiger partial charge on any atom is -0.316 e. The van der Waals surface area contributed by atoms with Crippen molar-refractivity contribution in [3.63, 3.8) is 0 Å². The summed E-state index contributed by atoms with van der Waals surface area (Å²) in [4.78, 5) is 18.4.